The van der Waals surface area contributed by atoms with Gasteiger partial charge in [0.1, 0.15) is 6.04 Å². The summed E-state index contributed by atoms with van der Waals surface area (Å²) < 4.78 is 0. The van der Waals surface area contributed by atoms with Crippen molar-refractivity contribution in [3.63, 3.8) is 0 Å². The van der Waals surface area contributed by atoms with Crippen LogP contribution in [0.3, 0.4) is 0 Å². The van der Waals surface area contributed by atoms with Gasteiger partial charge in [0, 0.05) is 12.5 Å². The van der Waals surface area contributed by atoms with E-state index < -0.39 is 5.97 Å². The van der Waals surface area contributed by atoms with Crippen LogP contribution in [0.4, 0.5) is 0 Å². The van der Waals surface area contributed by atoms with Crippen LogP contribution in [0.25, 0.3) is 0 Å². The molecule has 0 bridgehead atoms. The summed E-state index contributed by atoms with van der Waals surface area (Å²) in [6.45, 7) is 0.833. The first-order valence-electron chi connectivity index (χ1n) is 4.58. The largest absolute Gasteiger partial charge is 0.480 e. The number of rotatable bonds is 2. The van der Waals surface area contributed by atoms with Gasteiger partial charge in [0.05, 0.1) is 0 Å². The maximum Gasteiger partial charge on any atom is 0.321 e. The summed E-state index contributed by atoms with van der Waals surface area (Å²) in [6, 6.07) is -0.332. The van der Waals surface area contributed by atoms with Gasteiger partial charge in [0.25, 0.3) is 0 Å². The van der Waals surface area contributed by atoms with E-state index in [-0.39, 0.29) is 12.0 Å². The van der Waals surface area contributed by atoms with E-state index in [0.29, 0.717) is 5.92 Å². The first-order valence-corrected chi connectivity index (χ1v) is 4.58. The zero-order chi connectivity index (χ0) is 9.26. The molecule has 70 valence electrons. The average Bonchev–Trinajstić information content (AvgIpc) is 2.02. The van der Waals surface area contributed by atoms with Gasteiger partial charge < -0.3 is 10.4 Å². The smallest absolute Gasteiger partial charge is 0.321 e. The second kappa shape index (κ2) is 3.34. The van der Waals surface area contributed by atoms with Crippen molar-refractivity contribution in [3.05, 3.63) is 24.3 Å². The van der Waals surface area contributed by atoms with E-state index in [0.717, 1.165) is 13.0 Å². The zero-order valence-corrected chi connectivity index (χ0v) is 7.31. The van der Waals surface area contributed by atoms with Gasteiger partial charge in [-0.2, -0.15) is 0 Å². The van der Waals surface area contributed by atoms with Gasteiger partial charge in [-0.25, -0.2) is 0 Å². The van der Waals surface area contributed by atoms with Crippen LogP contribution in [0.1, 0.15) is 6.42 Å². The van der Waals surface area contributed by atoms with Crippen molar-refractivity contribution in [3.8, 4) is 0 Å². The Morgan fingerprint density at radius 1 is 1.46 bits per heavy atom. The summed E-state index contributed by atoms with van der Waals surface area (Å²) in [5, 5.41) is 11.8. The number of aliphatic carboxylic acids is 1. The highest BCUT2D eigenvalue weighted by Gasteiger charge is 2.39. The predicted octanol–water partition coefficient (Wildman–Crippen LogP) is 0.791. The monoisotopic (exact) mass is 179 g/mol. The topological polar surface area (TPSA) is 49.3 Å². The van der Waals surface area contributed by atoms with E-state index in [1.165, 1.54) is 0 Å². The van der Waals surface area contributed by atoms with Crippen molar-refractivity contribution in [2.24, 2.45) is 11.8 Å². The Labute approximate surface area is 77.1 Å². The molecule has 2 rings (SSSR count). The normalized spacial score (nSPS) is 37.1. The molecular formula is C10H13NO2. The molecule has 0 amide bonds. The minimum absolute atomic E-state index is 0.277. The SMILES string of the molecule is O=C(O)[C@H]1NC[C@@H]1C1C=CC=CC1. The summed E-state index contributed by atoms with van der Waals surface area (Å²) in [5.41, 5.74) is 0. The summed E-state index contributed by atoms with van der Waals surface area (Å²) in [5.74, 6) is -0.0368. The molecule has 3 heteroatoms. The Morgan fingerprint density at radius 3 is 2.77 bits per heavy atom. The lowest BCUT2D eigenvalue weighted by Crippen LogP contribution is -2.59. The lowest BCUT2D eigenvalue weighted by molar-refractivity contribution is -0.144. The van der Waals surface area contributed by atoms with Crippen molar-refractivity contribution < 1.29 is 9.90 Å². The van der Waals surface area contributed by atoms with Crippen LogP contribution in [0.2, 0.25) is 0 Å². The summed E-state index contributed by atoms with van der Waals surface area (Å²) >= 11 is 0. The summed E-state index contributed by atoms with van der Waals surface area (Å²) in [4.78, 5) is 10.7. The maximum atomic E-state index is 10.7. The second-order valence-corrected chi connectivity index (χ2v) is 3.60. The molecule has 0 aromatic heterocycles. The summed E-state index contributed by atoms with van der Waals surface area (Å²) in [6.07, 6.45) is 9.21. The highest BCUT2D eigenvalue weighted by molar-refractivity contribution is 5.75. The lowest BCUT2D eigenvalue weighted by Gasteiger charge is -2.39. The van der Waals surface area contributed by atoms with Gasteiger partial charge in [-0.1, -0.05) is 24.3 Å². The fourth-order valence-corrected chi connectivity index (χ4v) is 1.96. The van der Waals surface area contributed by atoms with Gasteiger partial charge in [0.15, 0.2) is 0 Å². The molecular weight excluding hydrogens is 166 g/mol. The molecule has 1 unspecified atom stereocenters. The number of nitrogens with one attached hydrogen (secondary N) is 1. The molecule has 1 saturated heterocycles. The summed E-state index contributed by atoms with van der Waals surface area (Å²) in [7, 11) is 0. The van der Waals surface area contributed by atoms with Gasteiger partial charge in [-0.05, 0) is 12.3 Å². The number of carboxylic acids is 1. The van der Waals surface area contributed by atoms with Crippen LogP contribution in [0.5, 0.6) is 0 Å². The molecule has 3 nitrogen and oxygen atoms in total. The average molecular weight is 179 g/mol. The van der Waals surface area contributed by atoms with Crippen LogP contribution in [-0.4, -0.2) is 23.7 Å². The van der Waals surface area contributed by atoms with Crippen LogP contribution in [0.15, 0.2) is 24.3 Å². The number of carbonyl (C=O) groups is 1. The van der Waals surface area contributed by atoms with E-state index >= 15 is 0 Å². The number of carboxylic acid groups (broad SMARTS) is 1. The fraction of sp³-hybridized carbons (Fsp3) is 0.500. The van der Waals surface area contributed by atoms with Crippen LogP contribution in [0, 0.1) is 11.8 Å². The maximum absolute atomic E-state index is 10.7. The third kappa shape index (κ3) is 1.52. The van der Waals surface area contributed by atoms with Crippen molar-refractivity contribution in [1.29, 1.82) is 0 Å². The van der Waals surface area contributed by atoms with Crippen LogP contribution in [-0.2, 0) is 4.79 Å². The third-order valence-corrected chi connectivity index (χ3v) is 2.83. The molecule has 0 radical (unpaired) electrons. The van der Waals surface area contributed by atoms with E-state index in [9.17, 15) is 4.79 Å². The van der Waals surface area contributed by atoms with Crippen molar-refractivity contribution in [2.75, 3.05) is 6.54 Å². The molecule has 0 aromatic carbocycles. The number of hydrogen-bond acceptors (Lipinski definition) is 2. The van der Waals surface area contributed by atoms with E-state index in [2.05, 4.69) is 17.5 Å². The van der Waals surface area contributed by atoms with Gasteiger partial charge in [-0.3, -0.25) is 4.79 Å². The van der Waals surface area contributed by atoms with Crippen molar-refractivity contribution in [1.82, 2.24) is 5.32 Å². The zero-order valence-electron chi connectivity index (χ0n) is 7.31. The first-order chi connectivity index (χ1) is 6.29. The molecule has 13 heavy (non-hydrogen) atoms. The van der Waals surface area contributed by atoms with Gasteiger partial charge >= 0.3 is 5.97 Å². The van der Waals surface area contributed by atoms with Crippen LogP contribution < -0.4 is 5.32 Å². The lowest BCUT2D eigenvalue weighted by atomic mass is 9.77. The van der Waals surface area contributed by atoms with Crippen molar-refractivity contribution in [2.45, 2.75) is 12.5 Å². The van der Waals surface area contributed by atoms with Crippen LogP contribution >= 0.6 is 0 Å². The third-order valence-electron chi connectivity index (χ3n) is 2.83. The molecule has 0 aromatic rings. The minimum atomic E-state index is -0.723. The molecule has 1 heterocycles. The number of allylic oxidation sites excluding steroid dienone is 4. The second-order valence-electron chi connectivity index (χ2n) is 3.60. The van der Waals surface area contributed by atoms with Gasteiger partial charge in [0.2, 0.25) is 0 Å². The molecule has 1 fully saturated rings. The Hall–Kier alpha value is -1.09. The Kier molecular flexibility index (Phi) is 2.19. The highest BCUT2D eigenvalue weighted by atomic mass is 16.4. The van der Waals surface area contributed by atoms with E-state index in [1.807, 2.05) is 12.2 Å². The molecule has 1 aliphatic heterocycles. The molecule has 2 N–H and O–H groups in total. The molecule has 1 aliphatic carbocycles. The fourth-order valence-electron chi connectivity index (χ4n) is 1.96. The predicted molar refractivity (Wildman–Crippen MR) is 49.3 cm³/mol. The first kappa shape index (κ1) is 8.51. The standard InChI is InChI=1S/C10H13NO2/c12-10(13)9-8(6-11-9)7-4-2-1-3-5-7/h1-4,7-9,11H,5-6H2,(H,12,13)/t7?,8-,9+/m1/s1. The Balaban J connectivity index is 1.98. The minimum Gasteiger partial charge on any atom is -0.480 e. The van der Waals surface area contributed by atoms with E-state index in [4.69, 9.17) is 5.11 Å². The van der Waals surface area contributed by atoms with Gasteiger partial charge in [-0.15, -0.1) is 0 Å². The molecule has 0 saturated carbocycles. The Bertz CT molecular complexity index is 270. The Morgan fingerprint density at radius 2 is 2.31 bits per heavy atom. The molecule has 2 aliphatic rings. The number of hydrogen-bond donors (Lipinski definition) is 2. The van der Waals surface area contributed by atoms with E-state index in [1.54, 1.807) is 0 Å². The highest BCUT2D eigenvalue weighted by Crippen LogP contribution is 2.28. The van der Waals surface area contributed by atoms with Crippen molar-refractivity contribution >= 4 is 5.97 Å². The molecule has 0 spiro atoms. The molecule has 3 atom stereocenters. The quantitative estimate of drug-likeness (QED) is 0.659.